The fourth-order valence-electron chi connectivity index (χ4n) is 9.90. The van der Waals surface area contributed by atoms with Crippen LogP contribution in [0.4, 0.5) is 8.78 Å². The summed E-state index contributed by atoms with van der Waals surface area (Å²) in [5, 5.41) is 23.9. The van der Waals surface area contributed by atoms with E-state index in [4.69, 9.17) is 9.72 Å². The summed E-state index contributed by atoms with van der Waals surface area (Å²) in [4.78, 5) is 74.3. The highest BCUT2D eigenvalue weighted by Crippen LogP contribution is 2.33. The standard InChI is InChI=1S/C54H63F2N11O6S/c1-33-50(74-32-60-33)35-10-8-34(9-11-35)25-59-52(71)46-24-39(68)29-66(46)53(72)51(54(2,3)4)63-47(69)12-15-57-48(70)31-64-16-13-38(14-17-64)67-28-37(26-61-67)45-27-58-44-7-5-6-40(49(44)62-45)36-22-42(55)41(43(56)23-36)30-65-18-20-73-21-19-65/h5-11,22-23,26-28,32,38-39,46,51,68H,12-21,24-25,29-31H2,1-4H3,(H,57,70)(H,59,71)(H,63,69)/t39-,46+,51?/m1/s1. The van der Waals surface area contributed by atoms with Crippen molar-refractivity contribution < 1.29 is 37.8 Å². The van der Waals surface area contributed by atoms with Crippen LogP contribution in [0.2, 0.25) is 0 Å². The summed E-state index contributed by atoms with van der Waals surface area (Å²) in [6.45, 7) is 11.6. The molecule has 17 nitrogen and oxygen atoms in total. The molecule has 4 amide bonds. The van der Waals surface area contributed by atoms with Gasteiger partial charge in [0.05, 0.1) is 77.1 Å². The van der Waals surface area contributed by atoms with E-state index in [1.807, 2.05) is 73.8 Å². The van der Waals surface area contributed by atoms with E-state index in [1.165, 1.54) is 17.0 Å². The maximum Gasteiger partial charge on any atom is 0.246 e. The fraction of sp³-hybridized carbons (Fsp3) is 0.444. The van der Waals surface area contributed by atoms with Crippen LogP contribution >= 0.6 is 11.3 Å². The van der Waals surface area contributed by atoms with Gasteiger partial charge < -0.3 is 30.7 Å². The molecule has 9 rings (SSSR count). The Morgan fingerprint density at radius 2 is 1.64 bits per heavy atom. The number of hydrogen-bond acceptors (Lipinski definition) is 13. The van der Waals surface area contributed by atoms with Gasteiger partial charge in [-0.2, -0.15) is 5.10 Å². The highest BCUT2D eigenvalue weighted by atomic mass is 32.1. The zero-order chi connectivity index (χ0) is 52.1. The number of amides is 4. The number of hydrogen-bond donors (Lipinski definition) is 4. The summed E-state index contributed by atoms with van der Waals surface area (Å²) < 4.78 is 38.2. The molecular weight excluding hydrogens is 969 g/mol. The zero-order valence-corrected chi connectivity index (χ0v) is 43.0. The molecule has 6 aromatic rings. The van der Waals surface area contributed by atoms with E-state index in [0.29, 0.717) is 67.2 Å². The van der Waals surface area contributed by atoms with Crippen molar-refractivity contribution in [3.05, 3.63) is 107 Å². The topological polar surface area (TPSA) is 200 Å². The van der Waals surface area contributed by atoms with Crippen LogP contribution < -0.4 is 16.0 Å². The number of carbonyl (C=O) groups is 4. The molecule has 3 aliphatic rings. The molecule has 1 unspecified atom stereocenters. The Labute approximate surface area is 432 Å². The number of ether oxygens (including phenoxy) is 1. The van der Waals surface area contributed by atoms with Gasteiger partial charge >= 0.3 is 0 Å². The summed E-state index contributed by atoms with van der Waals surface area (Å²) in [7, 11) is 0. The van der Waals surface area contributed by atoms with Gasteiger partial charge in [-0.05, 0) is 60.1 Å². The summed E-state index contributed by atoms with van der Waals surface area (Å²) in [5.41, 5.74) is 7.33. The summed E-state index contributed by atoms with van der Waals surface area (Å²) in [6, 6.07) is 14.1. The van der Waals surface area contributed by atoms with Gasteiger partial charge in [0.15, 0.2) is 0 Å². The first-order valence-electron chi connectivity index (χ1n) is 25.2. The van der Waals surface area contributed by atoms with Gasteiger partial charge in [0.1, 0.15) is 23.7 Å². The minimum atomic E-state index is -0.992. The SMILES string of the molecule is Cc1ncsc1-c1ccc(CNC(=O)[C@@H]2C[C@@H](O)CN2C(=O)C(NC(=O)CCNC(=O)CN2CCC(n3cc(-c4cnc5cccc(-c6cc(F)c(CN7CCOCC7)c(F)c6)c5n4)cn3)CC2)C(C)(C)C)cc1. The van der Waals surface area contributed by atoms with E-state index in [1.54, 1.807) is 41.4 Å². The second-order valence-corrected chi connectivity index (χ2v) is 21.4. The number of aliphatic hydroxyl groups excluding tert-OH is 1. The van der Waals surface area contributed by atoms with Crippen molar-refractivity contribution in [3.8, 4) is 32.8 Å². The molecule has 74 heavy (non-hydrogen) atoms. The maximum absolute atomic E-state index is 15.5. The Hall–Kier alpha value is -6.58. The first-order valence-corrected chi connectivity index (χ1v) is 26.1. The van der Waals surface area contributed by atoms with Crippen molar-refractivity contribution in [2.75, 3.05) is 59.0 Å². The third-order valence-corrected chi connectivity index (χ3v) is 15.1. The number of nitrogens with one attached hydrogen (secondary N) is 3. The molecule has 6 heterocycles. The van der Waals surface area contributed by atoms with Gasteiger partial charge in [-0.15, -0.1) is 11.3 Å². The van der Waals surface area contributed by atoms with Crippen molar-refractivity contribution in [3.63, 3.8) is 0 Å². The number of aromatic nitrogens is 5. The third kappa shape index (κ3) is 12.3. The number of thiazole rings is 1. The lowest BCUT2D eigenvalue weighted by Crippen LogP contribution is -2.58. The van der Waals surface area contributed by atoms with Crippen LogP contribution in [0.15, 0.2) is 78.7 Å². The minimum Gasteiger partial charge on any atom is -0.391 e. The average molecular weight is 1030 g/mol. The Morgan fingerprint density at radius 3 is 2.34 bits per heavy atom. The van der Waals surface area contributed by atoms with E-state index in [0.717, 1.165) is 40.1 Å². The number of piperidine rings is 1. The first-order chi connectivity index (χ1) is 35.6. The number of β-amino-alcohol motifs (C(OH)–C–C–N with tert-alkyl or cyclic N) is 1. The van der Waals surface area contributed by atoms with Crippen molar-refractivity contribution in [1.29, 1.82) is 0 Å². The van der Waals surface area contributed by atoms with Gasteiger partial charge in [-0.3, -0.25) is 38.6 Å². The van der Waals surface area contributed by atoms with Gasteiger partial charge in [-0.1, -0.05) is 57.2 Å². The molecule has 20 heteroatoms. The number of nitrogens with zero attached hydrogens (tertiary/aromatic N) is 8. The molecule has 0 bridgehead atoms. The molecule has 390 valence electrons. The van der Waals surface area contributed by atoms with Crippen LogP contribution in [0, 0.1) is 24.0 Å². The number of likely N-dealkylation sites (tertiary alicyclic amines) is 2. The predicted octanol–water partition coefficient (Wildman–Crippen LogP) is 5.65. The van der Waals surface area contributed by atoms with E-state index < -0.39 is 47.1 Å². The second-order valence-electron chi connectivity index (χ2n) is 20.5. The highest BCUT2D eigenvalue weighted by Gasteiger charge is 2.44. The number of aliphatic hydroxyl groups is 1. The van der Waals surface area contributed by atoms with E-state index in [2.05, 4.69) is 35.9 Å². The van der Waals surface area contributed by atoms with Crippen LogP contribution in [0.1, 0.15) is 69.3 Å². The first kappa shape index (κ1) is 52.3. The fourth-order valence-corrected chi connectivity index (χ4v) is 10.7. The summed E-state index contributed by atoms with van der Waals surface area (Å²) >= 11 is 1.56. The molecule has 0 radical (unpaired) electrons. The number of morpholine rings is 1. The Balaban J connectivity index is 0.732. The molecule has 0 saturated carbocycles. The number of aryl methyl sites for hydroxylation is 1. The normalized spacial score (nSPS) is 18.4. The van der Waals surface area contributed by atoms with Crippen molar-refractivity contribution in [1.82, 2.24) is 55.4 Å². The largest absolute Gasteiger partial charge is 0.391 e. The van der Waals surface area contributed by atoms with Crippen LogP contribution in [0.3, 0.4) is 0 Å². The highest BCUT2D eigenvalue weighted by molar-refractivity contribution is 7.13. The molecule has 3 aromatic carbocycles. The smallest absolute Gasteiger partial charge is 0.246 e. The Morgan fingerprint density at radius 1 is 0.892 bits per heavy atom. The van der Waals surface area contributed by atoms with Gasteiger partial charge in [0, 0.05) is 88.1 Å². The number of halogens is 2. The molecule has 0 spiro atoms. The molecule has 3 aromatic heterocycles. The number of fused-ring (bicyclic) bond motifs is 1. The maximum atomic E-state index is 15.5. The van der Waals surface area contributed by atoms with Crippen LogP contribution in [-0.4, -0.2) is 145 Å². The van der Waals surface area contributed by atoms with Crippen molar-refractivity contribution in [2.24, 2.45) is 5.41 Å². The Kier molecular flexibility index (Phi) is 16.2. The molecule has 4 N–H and O–H groups in total. The van der Waals surface area contributed by atoms with Crippen molar-refractivity contribution in [2.45, 2.75) is 90.7 Å². The number of carbonyl (C=O) groups excluding carboxylic acids is 4. The molecule has 3 aliphatic heterocycles. The van der Waals surface area contributed by atoms with Crippen LogP contribution in [-0.2, 0) is 37.0 Å². The number of para-hydroxylation sites is 1. The lowest BCUT2D eigenvalue weighted by atomic mass is 9.85. The summed E-state index contributed by atoms with van der Waals surface area (Å²) in [6.07, 6.45) is 5.91. The number of benzene rings is 3. The van der Waals surface area contributed by atoms with Crippen LogP contribution in [0.5, 0.6) is 0 Å². The lowest BCUT2D eigenvalue weighted by molar-refractivity contribution is -0.144. The van der Waals surface area contributed by atoms with Gasteiger partial charge in [-0.25, -0.2) is 18.7 Å². The molecule has 3 atom stereocenters. The monoisotopic (exact) mass is 1030 g/mol. The second kappa shape index (κ2) is 22.9. The molecule has 0 aliphatic carbocycles. The lowest BCUT2D eigenvalue weighted by Gasteiger charge is -2.35. The third-order valence-electron chi connectivity index (χ3n) is 14.1. The minimum absolute atomic E-state index is 0.0293. The Bertz CT molecular complexity index is 2960. The average Bonchev–Trinajstić information content (AvgIpc) is 4.16. The molecule has 3 fully saturated rings. The van der Waals surface area contributed by atoms with Crippen molar-refractivity contribution >= 4 is 46.0 Å². The van der Waals surface area contributed by atoms with Crippen LogP contribution in [0.25, 0.3) is 43.9 Å². The summed E-state index contributed by atoms with van der Waals surface area (Å²) in [5.74, 6) is -2.73. The zero-order valence-electron chi connectivity index (χ0n) is 42.2. The number of rotatable bonds is 16. The quantitative estimate of drug-likeness (QED) is 0.0930. The van der Waals surface area contributed by atoms with E-state index in [9.17, 15) is 24.3 Å². The van der Waals surface area contributed by atoms with Gasteiger partial charge in [0.2, 0.25) is 23.6 Å². The van der Waals surface area contributed by atoms with E-state index >= 15 is 8.78 Å². The van der Waals surface area contributed by atoms with E-state index in [-0.39, 0.29) is 69.0 Å². The van der Waals surface area contributed by atoms with Gasteiger partial charge in [0.25, 0.3) is 0 Å². The predicted molar refractivity (Wildman–Crippen MR) is 276 cm³/mol. The molecular formula is C54H63F2N11O6S. The molecule has 3 saturated heterocycles.